The molecule has 0 saturated heterocycles. The number of anilines is 2. The van der Waals surface area contributed by atoms with Crippen LogP contribution in [0.5, 0.6) is 0 Å². The molecule has 3 rings (SSSR count). The van der Waals surface area contributed by atoms with Gasteiger partial charge in [0.2, 0.25) is 17.0 Å². The third kappa shape index (κ3) is 3.20. The Labute approximate surface area is 131 Å². The number of amides is 1. The van der Waals surface area contributed by atoms with Crippen molar-refractivity contribution in [1.29, 1.82) is 0 Å². The maximum absolute atomic E-state index is 12.2. The van der Waals surface area contributed by atoms with E-state index in [0.717, 1.165) is 16.5 Å². The van der Waals surface area contributed by atoms with Crippen LogP contribution in [0.15, 0.2) is 47.6 Å². The van der Waals surface area contributed by atoms with E-state index in [-0.39, 0.29) is 17.1 Å². The van der Waals surface area contributed by atoms with Crippen LogP contribution < -0.4 is 11.1 Å². The number of hydrogen-bond donors (Lipinski definition) is 3. The van der Waals surface area contributed by atoms with Crippen molar-refractivity contribution in [2.45, 2.75) is 17.3 Å². The molecular formula is C15H15N5OS. The normalized spacial score (nSPS) is 12.2. The van der Waals surface area contributed by atoms with Gasteiger partial charge in [-0.3, -0.25) is 4.79 Å². The number of nitrogen functional groups attached to an aromatic ring is 1. The van der Waals surface area contributed by atoms with Gasteiger partial charge >= 0.3 is 0 Å². The monoisotopic (exact) mass is 313 g/mol. The molecule has 1 amide bonds. The zero-order valence-corrected chi connectivity index (χ0v) is 12.7. The minimum atomic E-state index is -0.332. The van der Waals surface area contributed by atoms with E-state index in [1.54, 1.807) is 6.92 Å². The van der Waals surface area contributed by atoms with Gasteiger partial charge in [0.15, 0.2) is 0 Å². The molecule has 0 aliphatic rings. The van der Waals surface area contributed by atoms with Crippen LogP contribution in [-0.2, 0) is 4.79 Å². The Morgan fingerprint density at radius 2 is 2.05 bits per heavy atom. The van der Waals surface area contributed by atoms with Gasteiger partial charge in [0.25, 0.3) is 0 Å². The molecule has 3 aromatic rings. The van der Waals surface area contributed by atoms with E-state index in [9.17, 15) is 4.79 Å². The van der Waals surface area contributed by atoms with Gasteiger partial charge in [0.1, 0.15) is 0 Å². The summed E-state index contributed by atoms with van der Waals surface area (Å²) in [6.07, 6.45) is 0. The number of nitrogens with one attached hydrogen (secondary N) is 2. The third-order valence-corrected chi connectivity index (χ3v) is 4.11. The van der Waals surface area contributed by atoms with Crippen molar-refractivity contribution in [3.05, 3.63) is 42.5 Å². The maximum Gasteiger partial charge on any atom is 0.237 e. The molecule has 0 aliphatic carbocycles. The number of aromatic amines is 1. The largest absolute Gasteiger partial charge is 0.368 e. The average molecular weight is 313 g/mol. The van der Waals surface area contributed by atoms with Crippen molar-refractivity contribution in [2.75, 3.05) is 11.1 Å². The Kier molecular flexibility index (Phi) is 3.97. The SMILES string of the molecule is C[C@@H](Sc1n[nH]c(N)n1)C(=O)Nc1ccc2ccccc2c1. The zero-order chi connectivity index (χ0) is 15.5. The molecule has 22 heavy (non-hydrogen) atoms. The molecule has 0 aliphatic heterocycles. The van der Waals surface area contributed by atoms with Crippen molar-refractivity contribution in [1.82, 2.24) is 15.2 Å². The number of rotatable bonds is 4. The van der Waals surface area contributed by atoms with Gasteiger partial charge in [-0.2, -0.15) is 4.98 Å². The summed E-state index contributed by atoms with van der Waals surface area (Å²) in [6.45, 7) is 1.80. The molecule has 112 valence electrons. The molecule has 6 nitrogen and oxygen atoms in total. The second-order valence-electron chi connectivity index (χ2n) is 4.81. The smallest absolute Gasteiger partial charge is 0.237 e. The molecule has 1 heterocycles. The van der Waals surface area contributed by atoms with Crippen LogP contribution in [0.25, 0.3) is 10.8 Å². The lowest BCUT2D eigenvalue weighted by Crippen LogP contribution is -2.22. The van der Waals surface area contributed by atoms with Crippen molar-refractivity contribution >= 4 is 40.1 Å². The van der Waals surface area contributed by atoms with Crippen LogP contribution in [0.4, 0.5) is 11.6 Å². The molecule has 1 aromatic heterocycles. The highest BCUT2D eigenvalue weighted by atomic mass is 32.2. The highest BCUT2D eigenvalue weighted by Gasteiger charge is 2.17. The fourth-order valence-electron chi connectivity index (χ4n) is 2.03. The van der Waals surface area contributed by atoms with Crippen LogP contribution in [-0.4, -0.2) is 26.3 Å². The number of H-pyrrole nitrogens is 1. The van der Waals surface area contributed by atoms with Gasteiger partial charge < -0.3 is 11.1 Å². The molecule has 0 bridgehead atoms. The lowest BCUT2D eigenvalue weighted by Gasteiger charge is -2.10. The predicted octanol–water partition coefficient (Wildman–Crippen LogP) is 2.66. The summed E-state index contributed by atoms with van der Waals surface area (Å²) in [5.41, 5.74) is 6.23. The first kappa shape index (κ1) is 14.4. The maximum atomic E-state index is 12.2. The molecule has 0 saturated carbocycles. The van der Waals surface area contributed by atoms with E-state index in [1.807, 2.05) is 42.5 Å². The first-order valence-corrected chi connectivity index (χ1v) is 7.64. The van der Waals surface area contributed by atoms with Crippen molar-refractivity contribution < 1.29 is 4.79 Å². The summed E-state index contributed by atoms with van der Waals surface area (Å²) in [5.74, 6) is 0.133. The van der Waals surface area contributed by atoms with Gasteiger partial charge in [-0.25, -0.2) is 5.10 Å². The molecule has 0 fully saturated rings. The molecule has 2 aromatic carbocycles. The van der Waals surface area contributed by atoms with E-state index in [4.69, 9.17) is 5.73 Å². The number of nitrogens with two attached hydrogens (primary N) is 1. The minimum Gasteiger partial charge on any atom is -0.368 e. The number of aromatic nitrogens is 3. The second kappa shape index (κ2) is 6.07. The van der Waals surface area contributed by atoms with E-state index in [0.29, 0.717) is 5.16 Å². The number of hydrogen-bond acceptors (Lipinski definition) is 5. The lowest BCUT2D eigenvalue weighted by atomic mass is 10.1. The summed E-state index contributed by atoms with van der Waals surface area (Å²) in [5, 5.41) is 11.7. The van der Waals surface area contributed by atoms with Crippen LogP contribution in [0.2, 0.25) is 0 Å². The first-order valence-electron chi connectivity index (χ1n) is 6.76. The number of benzene rings is 2. The third-order valence-electron chi connectivity index (χ3n) is 3.15. The quantitative estimate of drug-likeness (QED) is 0.643. The van der Waals surface area contributed by atoms with Crippen LogP contribution >= 0.6 is 11.8 Å². The molecule has 7 heteroatoms. The number of fused-ring (bicyclic) bond motifs is 1. The highest BCUT2D eigenvalue weighted by molar-refractivity contribution is 8.00. The van der Waals surface area contributed by atoms with E-state index in [2.05, 4.69) is 20.5 Å². The second-order valence-corrected chi connectivity index (χ2v) is 6.12. The molecule has 4 N–H and O–H groups in total. The van der Waals surface area contributed by atoms with Crippen molar-refractivity contribution in [3.63, 3.8) is 0 Å². The van der Waals surface area contributed by atoms with Gasteiger partial charge in [0, 0.05) is 5.69 Å². The van der Waals surface area contributed by atoms with E-state index < -0.39 is 0 Å². The highest BCUT2D eigenvalue weighted by Crippen LogP contribution is 2.22. The van der Waals surface area contributed by atoms with E-state index in [1.165, 1.54) is 11.8 Å². The fraction of sp³-hybridized carbons (Fsp3) is 0.133. The Bertz CT molecular complexity index is 816. The lowest BCUT2D eigenvalue weighted by molar-refractivity contribution is -0.115. The summed E-state index contributed by atoms with van der Waals surface area (Å²) >= 11 is 1.25. The fourth-order valence-corrected chi connectivity index (χ4v) is 2.77. The number of nitrogens with zero attached hydrogens (tertiary/aromatic N) is 2. The zero-order valence-electron chi connectivity index (χ0n) is 11.9. The average Bonchev–Trinajstić information content (AvgIpc) is 2.92. The van der Waals surface area contributed by atoms with Crippen molar-refractivity contribution in [2.24, 2.45) is 0 Å². The number of thioether (sulfide) groups is 1. The Hall–Kier alpha value is -2.54. The molecular weight excluding hydrogens is 298 g/mol. The summed E-state index contributed by atoms with van der Waals surface area (Å²) in [7, 11) is 0. The Balaban J connectivity index is 1.69. The van der Waals surface area contributed by atoms with Crippen LogP contribution in [0, 0.1) is 0 Å². The molecule has 0 spiro atoms. The Morgan fingerprint density at radius 3 is 2.77 bits per heavy atom. The number of carbonyl (C=O) groups is 1. The first-order chi connectivity index (χ1) is 10.6. The van der Waals surface area contributed by atoms with Gasteiger partial charge in [-0.1, -0.05) is 42.1 Å². The summed E-state index contributed by atoms with van der Waals surface area (Å²) in [4.78, 5) is 16.2. The topological polar surface area (TPSA) is 96.7 Å². The standard InChI is InChI=1S/C15H15N5OS/c1-9(22-15-18-14(16)19-20-15)13(21)17-12-7-6-10-4-2-3-5-11(10)8-12/h2-9H,1H3,(H,17,21)(H3,16,18,19,20)/t9-/m1/s1. The van der Waals surface area contributed by atoms with Crippen molar-refractivity contribution in [3.8, 4) is 0 Å². The molecule has 0 radical (unpaired) electrons. The van der Waals surface area contributed by atoms with Crippen LogP contribution in [0.1, 0.15) is 6.92 Å². The minimum absolute atomic E-state index is 0.108. The van der Waals surface area contributed by atoms with Gasteiger partial charge in [-0.15, -0.1) is 5.10 Å². The Morgan fingerprint density at radius 1 is 1.27 bits per heavy atom. The predicted molar refractivity (Wildman–Crippen MR) is 88.7 cm³/mol. The molecule has 0 unspecified atom stereocenters. The van der Waals surface area contributed by atoms with E-state index >= 15 is 0 Å². The summed E-state index contributed by atoms with van der Waals surface area (Å²) < 4.78 is 0. The number of carbonyl (C=O) groups excluding carboxylic acids is 1. The van der Waals surface area contributed by atoms with Crippen LogP contribution in [0.3, 0.4) is 0 Å². The van der Waals surface area contributed by atoms with Gasteiger partial charge in [-0.05, 0) is 29.8 Å². The summed E-state index contributed by atoms with van der Waals surface area (Å²) in [6, 6.07) is 13.8. The van der Waals surface area contributed by atoms with Gasteiger partial charge in [0.05, 0.1) is 5.25 Å². The molecule has 1 atom stereocenters.